The van der Waals surface area contributed by atoms with E-state index in [9.17, 15) is 4.79 Å². The number of carbonyl (C=O) groups excluding carboxylic acids is 1. The number of rotatable bonds is 9. The summed E-state index contributed by atoms with van der Waals surface area (Å²) in [5.41, 5.74) is 0.500. The predicted molar refractivity (Wildman–Crippen MR) is 95.0 cm³/mol. The molecule has 0 saturated heterocycles. The fourth-order valence-electron chi connectivity index (χ4n) is 2.21. The average molecular weight is 328 g/mol. The fraction of sp³-hybridized carbons (Fsp3) is 0.316. The van der Waals surface area contributed by atoms with Gasteiger partial charge in [0.2, 0.25) is 0 Å². The zero-order valence-corrected chi connectivity index (χ0v) is 14.2. The molecule has 5 nitrogen and oxygen atoms in total. The Labute approximate surface area is 143 Å². The molecule has 0 aliphatic carbocycles. The first-order valence-electron chi connectivity index (χ1n) is 8.23. The van der Waals surface area contributed by atoms with Crippen molar-refractivity contribution in [2.75, 3.05) is 26.2 Å². The van der Waals surface area contributed by atoms with Crippen molar-refractivity contribution in [3.63, 3.8) is 0 Å². The third-order valence-electron chi connectivity index (χ3n) is 3.34. The number of benzene rings is 2. The highest BCUT2D eigenvalue weighted by molar-refractivity contribution is 5.97. The smallest absolute Gasteiger partial charge is 0.255 e. The van der Waals surface area contributed by atoms with Gasteiger partial charge in [-0.05, 0) is 37.7 Å². The van der Waals surface area contributed by atoms with E-state index in [2.05, 4.69) is 10.6 Å². The molecule has 0 radical (unpaired) electrons. The normalized spacial score (nSPS) is 10.2. The molecular weight excluding hydrogens is 304 g/mol. The first-order valence-corrected chi connectivity index (χ1v) is 8.23. The molecule has 2 aromatic rings. The maximum absolute atomic E-state index is 12.4. The molecule has 2 aromatic carbocycles. The van der Waals surface area contributed by atoms with Gasteiger partial charge in [-0.2, -0.15) is 0 Å². The van der Waals surface area contributed by atoms with Crippen molar-refractivity contribution in [3.8, 4) is 17.2 Å². The molecule has 0 heterocycles. The van der Waals surface area contributed by atoms with Crippen LogP contribution in [-0.2, 0) is 0 Å². The van der Waals surface area contributed by atoms with E-state index in [1.54, 1.807) is 12.1 Å². The van der Waals surface area contributed by atoms with Crippen LogP contribution in [0.3, 0.4) is 0 Å². The lowest BCUT2D eigenvalue weighted by molar-refractivity contribution is 0.0951. The van der Waals surface area contributed by atoms with Gasteiger partial charge in [0.05, 0.1) is 12.2 Å². The van der Waals surface area contributed by atoms with Crippen molar-refractivity contribution >= 4 is 5.91 Å². The molecule has 0 aliphatic heterocycles. The molecule has 0 aromatic heterocycles. The van der Waals surface area contributed by atoms with Gasteiger partial charge in [-0.1, -0.05) is 31.2 Å². The van der Waals surface area contributed by atoms with E-state index in [0.29, 0.717) is 36.0 Å². The van der Waals surface area contributed by atoms with Crippen LogP contribution in [0.25, 0.3) is 0 Å². The molecular formula is C19H24N2O3. The zero-order chi connectivity index (χ0) is 17.2. The number of nitrogens with one attached hydrogen (secondary N) is 2. The standard InChI is InChI=1S/C19H24N2O3/c1-3-20-13-14-21-19(22)15-9-5-6-10-16(15)24-18-12-8-7-11-17(18)23-4-2/h5-12,20H,3-4,13-14H2,1-2H3,(H,21,22). The average Bonchev–Trinajstić information content (AvgIpc) is 2.61. The SMILES string of the molecule is CCNCCNC(=O)c1ccccc1Oc1ccccc1OCC. The van der Waals surface area contributed by atoms with Crippen molar-refractivity contribution in [1.82, 2.24) is 10.6 Å². The molecule has 0 spiro atoms. The van der Waals surface area contributed by atoms with Crippen molar-refractivity contribution < 1.29 is 14.3 Å². The molecule has 1 amide bonds. The molecule has 0 aliphatic rings. The van der Waals surface area contributed by atoms with Gasteiger partial charge in [0.15, 0.2) is 11.5 Å². The van der Waals surface area contributed by atoms with E-state index in [1.165, 1.54) is 0 Å². The van der Waals surface area contributed by atoms with E-state index in [4.69, 9.17) is 9.47 Å². The highest BCUT2D eigenvalue weighted by atomic mass is 16.5. The summed E-state index contributed by atoms with van der Waals surface area (Å²) in [5, 5.41) is 6.06. The summed E-state index contributed by atoms with van der Waals surface area (Å²) in [4.78, 5) is 12.4. The van der Waals surface area contributed by atoms with Crippen LogP contribution in [0, 0.1) is 0 Å². The van der Waals surface area contributed by atoms with Crippen LogP contribution in [-0.4, -0.2) is 32.1 Å². The van der Waals surface area contributed by atoms with Gasteiger partial charge in [-0.3, -0.25) is 4.79 Å². The Kier molecular flexibility index (Phi) is 7.11. The predicted octanol–water partition coefficient (Wildman–Crippen LogP) is 3.22. The Hall–Kier alpha value is -2.53. The summed E-state index contributed by atoms with van der Waals surface area (Å²) in [6.07, 6.45) is 0. The number of likely N-dealkylation sites (N-methyl/N-ethyl adjacent to an activating group) is 1. The molecule has 0 saturated carbocycles. The minimum Gasteiger partial charge on any atom is -0.490 e. The highest BCUT2D eigenvalue weighted by Crippen LogP contribution is 2.32. The van der Waals surface area contributed by atoms with Gasteiger partial charge in [-0.15, -0.1) is 0 Å². The topological polar surface area (TPSA) is 59.6 Å². The highest BCUT2D eigenvalue weighted by Gasteiger charge is 2.14. The number of para-hydroxylation sites is 3. The summed E-state index contributed by atoms with van der Waals surface area (Å²) in [5.74, 6) is 1.60. The lowest BCUT2D eigenvalue weighted by atomic mass is 10.2. The first kappa shape index (κ1) is 17.8. The Morgan fingerprint density at radius 3 is 2.29 bits per heavy atom. The molecule has 0 bridgehead atoms. The van der Waals surface area contributed by atoms with Crippen LogP contribution < -0.4 is 20.1 Å². The van der Waals surface area contributed by atoms with E-state index in [-0.39, 0.29) is 5.91 Å². The van der Waals surface area contributed by atoms with Crippen molar-refractivity contribution in [2.45, 2.75) is 13.8 Å². The third-order valence-corrected chi connectivity index (χ3v) is 3.34. The number of amides is 1. The Bertz CT molecular complexity index is 659. The Balaban J connectivity index is 2.13. The second-order valence-corrected chi connectivity index (χ2v) is 5.09. The largest absolute Gasteiger partial charge is 0.490 e. The summed E-state index contributed by atoms with van der Waals surface area (Å²) in [6.45, 7) is 6.68. The molecule has 0 fully saturated rings. The van der Waals surface area contributed by atoms with E-state index in [0.717, 1.165) is 13.1 Å². The van der Waals surface area contributed by atoms with Gasteiger partial charge in [-0.25, -0.2) is 0 Å². The van der Waals surface area contributed by atoms with E-state index in [1.807, 2.05) is 50.2 Å². The van der Waals surface area contributed by atoms with E-state index >= 15 is 0 Å². The minimum absolute atomic E-state index is 0.155. The van der Waals surface area contributed by atoms with Crippen LogP contribution in [0.5, 0.6) is 17.2 Å². The van der Waals surface area contributed by atoms with Gasteiger partial charge >= 0.3 is 0 Å². The summed E-state index contributed by atoms with van der Waals surface area (Å²) >= 11 is 0. The second-order valence-electron chi connectivity index (χ2n) is 5.09. The molecule has 0 unspecified atom stereocenters. The summed E-state index contributed by atoms with van der Waals surface area (Å²) in [7, 11) is 0. The number of hydrogen-bond acceptors (Lipinski definition) is 4. The molecule has 24 heavy (non-hydrogen) atoms. The van der Waals surface area contributed by atoms with Gasteiger partial charge in [0.25, 0.3) is 5.91 Å². The minimum atomic E-state index is -0.155. The lowest BCUT2D eigenvalue weighted by Crippen LogP contribution is -2.31. The number of ether oxygens (including phenoxy) is 2. The molecule has 5 heteroatoms. The van der Waals surface area contributed by atoms with Crippen LogP contribution in [0.2, 0.25) is 0 Å². The molecule has 2 rings (SSSR count). The fourth-order valence-corrected chi connectivity index (χ4v) is 2.21. The van der Waals surface area contributed by atoms with Gasteiger partial charge in [0.1, 0.15) is 5.75 Å². The van der Waals surface area contributed by atoms with Crippen LogP contribution in [0.1, 0.15) is 24.2 Å². The first-order chi connectivity index (χ1) is 11.8. The molecule has 128 valence electrons. The van der Waals surface area contributed by atoms with Gasteiger partial charge in [0, 0.05) is 13.1 Å². The quantitative estimate of drug-likeness (QED) is 0.694. The second kappa shape index (κ2) is 9.57. The molecule has 2 N–H and O–H groups in total. The Morgan fingerprint density at radius 1 is 0.917 bits per heavy atom. The molecule has 0 atom stereocenters. The van der Waals surface area contributed by atoms with Crippen molar-refractivity contribution in [2.24, 2.45) is 0 Å². The van der Waals surface area contributed by atoms with Gasteiger partial charge < -0.3 is 20.1 Å². The maximum atomic E-state index is 12.4. The van der Waals surface area contributed by atoms with E-state index < -0.39 is 0 Å². The monoisotopic (exact) mass is 328 g/mol. The summed E-state index contributed by atoms with van der Waals surface area (Å²) in [6, 6.07) is 14.6. The van der Waals surface area contributed by atoms with Crippen LogP contribution in [0.15, 0.2) is 48.5 Å². The summed E-state index contributed by atoms with van der Waals surface area (Å²) < 4.78 is 11.5. The zero-order valence-electron chi connectivity index (χ0n) is 14.2. The Morgan fingerprint density at radius 2 is 1.58 bits per heavy atom. The van der Waals surface area contributed by atoms with Crippen LogP contribution in [0.4, 0.5) is 0 Å². The van der Waals surface area contributed by atoms with Crippen LogP contribution >= 0.6 is 0 Å². The lowest BCUT2D eigenvalue weighted by Gasteiger charge is -2.14. The maximum Gasteiger partial charge on any atom is 0.255 e. The third kappa shape index (κ3) is 4.99. The van der Waals surface area contributed by atoms with Crippen molar-refractivity contribution in [1.29, 1.82) is 0 Å². The number of carbonyl (C=O) groups is 1. The van der Waals surface area contributed by atoms with Crippen molar-refractivity contribution in [3.05, 3.63) is 54.1 Å². The number of hydrogen-bond donors (Lipinski definition) is 2.